The molecule has 0 radical (unpaired) electrons. The summed E-state index contributed by atoms with van der Waals surface area (Å²) in [4.78, 5) is 4.32. The number of hydrogen-bond acceptors (Lipinski definition) is 3. The second-order valence-electron chi connectivity index (χ2n) is 3.94. The molecule has 0 saturated heterocycles. The van der Waals surface area contributed by atoms with Gasteiger partial charge in [0.15, 0.2) is 5.65 Å². The van der Waals surface area contributed by atoms with E-state index in [1.54, 1.807) is 22.8 Å². The minimum Gasteiger partial charge on any atom is -0.382 e. The van der Waals surface area contributed by atoms with Crippen LogP contribution in [0.2, 0.25) is 5.15 Å². The summed E-state index contributed by atoms with van der Waals surface area (Å²) < 4.78 is 1.56. The Bertz CT molecular complexity index is 681. The molecule has 2 heterocycles. The predicted octanol–water partition coefficient (Wildman–Crippen LogP) is 2.46. The molecule has 0 aliphatic carbocycles. The molecule has 0 saturated carbocycles. The van der Waals surface area contributed by atoms with Gasteiger partial charge in [0.1, 0.15) is 11.3 Å². The van der Waals surface area contributed by atoms with Gasteiger partial charge in [-0.15, -0.1) is 0 Å². The van der Waals surface area contributed by atoms with E-state index < -0.39 is 6.10 Å². The maximum Gasteiger partial charge on any atom is 0.154 e. The van der Waals surface area contributed by atoms with Gasteiger partial charge in [-0.2, -0.15) is 5.10 Å². The largest absolute Gasteiger partial charge is 0.382 e. The Morgan fingerprint density at radius 2 is 1.89 bits per heavy atom. The Morgan fingerprint density at radius 1 is 1.11 bits per heavy atom. The SMILES string of the molecule is OC(c1ccccc1)c1cn2nc(Cl)ccc2n1. The van der Waals surface area contributed by atoms with Gasteiger partial charge >= 0.3 is 0 Å². The van der Waals surface area contributed by atoms with E-state index in [4.69, 9.17) is 11.6 Å². The van der Waals surface area contributed by atoms with Crippen LogP contribution in [0.25, 0.3) is 5.65 Å². The number of aliphatic hydroxyl groups is 1. The number of rotatable bonds is 2. The molecular formula is C13H10ClN3O. The molecule has 0 aliphatic heterocycles. The summed E-state index contributed by atoms with van der Waals surface area (Å²) in [6, 6.07) is 12.8. The molecule has 2 aromatic heterocycles. The zero-order chi connectivity index (χ0) is 12.5. The van der Waals surface area contributed by atoms with Gasteiger partial charge in [0, 0.05) is 0 Å². The first-order valence-corrected chi connectivity index (χ1v) is 5.87. The molecule has 0 amide bonds. The fourth-order valence-electron chi connectivity index (χ4n) is 1.81. The second kappa shape index (κ2) is 4.40. The van der Waals surface area contributed by atoms with Crippen LogP contribution >= 0.6 is 11.6 Å². The number of nitrogens with zero attached hydrogens (tertiary/aromatic N) is 3. The van der Waals surface area contributed by atoms with Crippen molar-refractivity contribution in [1.82, 2.24) is 14.6 Å². The zero-order valence-electron chi connectivity index (χ0n) is 9.36. The summed E-state index contributed by atoms with van der Waals surface area (Å²) in [5.41, 5.74) is 2.01. The van der Waals surface area contributed by atoms with E-state index in [1.807, 2.05) is 30.3 Å². The molecule has 1 N–H and O–H groups in total. The van der Waals surface area contributed by atoms with Crippen LogP contribution in [0, 0.1) is 0 Å². The molecule has 3 aromatic rings. The molecule has 1 atom stereocenters. The van der Waals surface area contributed by atoms with Crippen molar-refractivity contribution in [2.75, 3.05) is 0 Å². The van der Waals surface area contributed by atoms with Crippen LogP contribution in [-0.2, 0) is 0 Å². The van der Waals surface area contributed by atoms with Gasteiger partial charge in [-0.25, -0.2) is 9.50 Å². The van der Waals surface area contributed by atoms with Crippen molar-refractivity contribution in [1.29, 1.82) is 0 Å². The summed E-state index contributed by atoms with van der Waals surface area (Å²) in [7, 11) is 0. The molecule has 18 heavy (non-hydrogen) atoms. The van der Waals surface area contributed by atoms with Gasteiger partial charge in [0.25, 0.3) is 0 Å². The van der Waals surface area contributed by atoms with E-state index in [0.29, 0.717) is 16.5 Å². The highest BCUT2D eigenvalue weighted by molar-refractivity contribution is 6.29. The van der Waals surface area contributed by atoms with Crippen LogP contribution in [0.3, 0.4) is 0 Å². The van der Waals surface area contributed by atoms with Crippen LogP contribution in [-0.4, -0.2) is 19.7 Å². The molecule has 4 nitrogen and oxygen atoms in total. The van der Waals surface area contributed by atoms with Gasteiger partial charge in [-0.3, -0.25) is 0 Å². The minimum atomic E-state index is -0.758. The Hall–Kier alpha value is -1.91. The highest BCUT2D eigenvalue weighted by atomic mass is 35.5. The number of aliphatic hydroxyl groups excluding tert-OH is 1. The Morgan fingerprint density at radius 3 is 2.67 bits per heavy atom. The Balaban J connectivity index is 2.04. The highest BCUT2D eigenvalue weighted by Gasteiger charge is 2.14. The van der Waals surface area contributed by atoms with Crippen molar-refractivity contribution < 1.29 is 5.11 Å². The van der Waals surface area contributed by atoms with E-state index in [-0.39, 0.29) is 0 Å². The van der Waals surface area contributed by atoms with E-state index in [9.17, 15) is 5.11 Å². The molecule has 5 heteroatoms. The van der Waals surface area contributed by atoms with Gasteiger partial charge in [-0.05, 0) is 17.7 Å². The lowest BCUT2D eigenvalue weighted by Gasteiger charge is -2.06. The molecular weight excluding hydrogens is 250 g/mol. The lowest BCUT2D eigenvalue weighted by molar-refractivity contribution is 0.216. The Labute approximate surface area is 108 Å². The van der Waals surface area contributed by atoms with Crippen LogP contribution < -0.4 is 0 Å². The molecule has 1 aromatic carbocycles. The molecule has 0 spiro atoms. The third-order valence-corrected chi connectivity index (χ3v) is 2.90. The third kappa shape index (κ3) is 1.96. The summed E-state index contributed by atoms with van der Waals surface area (Å²) in [6.45, 7) is 0. The number of halogens is 1. The van der Waals surface area contributed by atoms with Crippen LogP contribution in [0.15, 0.2) is 48.7 Å². The standard InChI is InChI=1S/C13H10ClN3O/c14-11-6-7-12-15-10(8-17(12)16-11)13(18)9-4-2-1-3-5-9/h1-8,13,18H. The van der Waals surface area contributed by atoms with E-state index in [2.05, 4.69) is 10.1 Å². The van der Waals surface area contributed by atoms with Crippen molar-refractivity contribution in [3.63, 3.8) is 0 Å². The highest BCUT2D eigenvalue weighted by Crippen LogP contribution is 2.21. The molecule has 0 fully saturated rings. The van der Waals surface area contributed by atoms with Gasteiger partial charge in [0.05, 0.1) is 11.9 Å². The normalized spacial score (nSPS) is 12.8. The summed E-state index contributed by atoms with van der Waals surface area (Å²) in [6.07, 6.45) is 0.922. The maximum absolute atomic E-state index is 10.2. The molecule has 1 unspecified atom stereocenters. The van der Waals surface area contributed by atoms with E-state index in [0.717, 1.165) is 5.56 Å². The van der Waals surface area contributed by atoms with Crippen LogP contribution in [0.1, 0.15) is 17.4 Å². The van der Waals surface area contributed by atoms with E-state index >= 15 is 0 Å². The lowest BCUT2D eigenvalue weighted by Crippen LogP contribution is -1.99. The fourth-order valence-corrected chi connectivity index (χ4v) is 1.96. The van der Waals surface area contributed by atoms with Crippen molar-refractivity contribution in [2.24, 2.45) is 0 Å². The first-order valence-electron chi connectivity index (χ1n) is 5.49. The van der Waals surface area contributed by atoms with Gasteiger partial charge in [0.2, 0.25) is 0 Å². The topological polar surface area (TPSA) is 50.4 Å². The van der Waals surface area contributed by atoms with Crippen molar-refractivity contribution in [3.05, 3.63) is 65.1 Å². The Kier molecular flexibility index (Phi) is 2.74. The summed E-state index contributed by atoms with van der Waals surface area (Å²) in [5.74, 6) is 0. The second-order valence-corrected chi connectivity index (χ2v) is 4.33. The van der Waals surface area contributed by atoms with Crippen molar-refractivity contribution in [3.8, 4) is 0 Å². The monoisotopic (exact) mass is 259 g/mol. The fraction of sp³-hybridized carbons (Fsp3) is 0.0769. The third-order valence-electron chi connectivity index (χ3n) is 2.70. The first kappa shape index (κ1) is 11.2. The maximum atomic E-state index is 10.2. The average molecular weight is 260 g/mol. The molecule has 90 valence electrons. The van der Waals surface area contributed by atoms with Crippen molar-refractivity contribution in [2.45, 2.75) is 6.10 Å². The summed E-state index contributed by atoms with van der Waals surface area (Å²) in [5, 5.41) is 14.7. The summed E-state index contributed by atoms with van der Waals surface area (Å²) >= 11 is 5.80. The van der Waals surface area contributed by atoms with Crippen molar-refractivity contribution >= 4 is 17.2 Å². The first-order chi connectivity index (χ1) is 8.74. The van der Waals surface area contributed by atoms with Crippen LogP contribution in [0.5, 0.6) is 0 Å². The zero-order valence-corrected chi connectivity index (χ0v) is 10.1. The number of hydrogen-bond donors (Lipinski definition) is 1. The molecule has 0 aliphatic rings. The number of fused-ring (bicyclic) bond motifs is 1. The number of aromatic nitrogens is 3. The smallest absolute Gasteiger partial charge is 0.154 e. The molecule has 0 bridgehead atoms. The van der Waals surface area contributed by atoms with Crippen LogP contribution in [0.4, 0.5) is 0 Å². The number of benzene rings is 1. The predicted molar refractivity (Wildman–Crippen MR) is 68.5 cm³/mol. The molecule has 3 rings (SSSR count). The van der Waals surface area contributed by atoms with Gasteiger partial charge in [-0.1, -0.05) is 41.9 Å². The average Bonchev–Trinajstić information content (AvgIpc) is 2.81. The lowest BCUT2D eigenvalue weighted by atomic mass is 10.1. The quantitative estimate of drug-likeness (QED) is 0.769. The van der Waals surface area contributed by atoms with Gasteiger partial charge < -0.3 is 5.11 Å². The number of imidazole rings is 1. The van der Waals surface area contributed by atoms with E-state index in [1.165, 1.54) is 0 Å². The minimum absolute atomic E-state index is 0.389.